The molecular weight excluding hydrogens is 296 g/mol. The molecule has 132 valence electrons. The zero-order valence-corrected chi connectivity index (χ0v) is 15.7. The summed E-state index contributed by atoms with van der Waals surface area (Å²) in [5, 5.41) is 0. The summed E-state index contributed by atoms with van der Waals surface area (Å²) in [5.41, 5.74) is 2.08. The van der Waals surface area contributed by atoms with Crippen LogP contribution in [0.2, 0.25) is 0 Å². The normalized spacial score (nSPS) is 50.6. The number of ketones is 2. The molecular formula is C22H32O2. The first-order valence-electron chi connectivity index (χ1n) is 10.00. The molecule has 3 unspecified atom stereocenters. The van der Waals surface area contributed by atoms with Crippen molar-refractivity contribution in [3.63, 3.8) is 0 Å². The zero-order valence-electron chi connectivity index (χ0n) is 15.7. The van der Waals surface area contributed by atoms with Crippen LogP contribution in [0, 0.1) is 40.4 Å². The van der Waals surface area contributed by atoms with Crippen LogP contribution in [0.15, 0.2) is 11.6 Å². The van der Waals surface area contributed by atoms with Crippen LogP contribution in [-0.2, 0) is 9.59 Å². The van der Waals surface area contributed by atoms with Gasteiger partial charge in [0.1, 0.15) is 11.6 Å². The lowest BCUT2D eigenvalue weighted by Crippen LogP contribution is -2.48. The van der Waals surface area contributed by atoms with E-state index in [9.17, 15) is 9.59 Å². The summed E-state index contributed by atoms with van der Waals surface area (Å²) in [6, 6.07) is 0. The molecule has 2 heteroatoms. The summed E-state index contributed by atoms with van der Waals surface area (Å²) < 4.78 is 0. The number of carbonyl (C=O) groups is 2. The van der Waals surface area contributed by atoms with Crippen LogP contribution in [0.1, 0.15) is 72.6 Å². The van der Waals surface area contributed by atoms with E-state index in [0.29, 0.717) is 35.2 Å². The minimum absolute atomic E-state index is 0.160. The SMILES string of the molecule is CC(=O)[C@H]1[C@@H](C)CC2C3CCC4CC(=O)CC[C@]4(C)C3=CC[C@@]21C. The summed E-state index contributed by atoms with van der Waals surface area (Å²) in [6.45, 7) is 8.92. The number of allylic oxidation sites excluding steroid dienone is 2. The van der Waals surface area contributed by atoms with E-state index in [0.717, 1.165) is 25.7 Å². The number of carbonyl (C=O) groups excluding carboxylic acids is 2. The van der Waals surface area contributed by atoms with E-state index in [4.69, 9.17) is 0 Å². The van der Waals surface area contributed by atoms with Crippen molar-refractivity contribution in [1.29, 1.82) is 0 Å². The van der Waals surface area contributed by atoms with Gasteiger partial charge < -0.3 is 0 Å². The molecule has 0 radical (unpaired) electrons. The summed E-state index contributed by atoms with van der Waals surface area (Å²) >= 11 is 0. The molecule has 7 atom stereocenters. The number of hydrogen-bond donors (Lipinski definition) is 0. The minimum Gasteiger partial charge on any atom is -0.300 e. The quantitative estimate of drug-likeness (QED) is 0.637. The minimum atomic E-state index is 0.160. The third-order valence-electron chi connectivity index (χ3n) is 8.62. The van der Waals surface area contributed by atoms with E-state index in [1.165, 1.54) is 19.3 Å². The monoisotopic (exact) mass is 328 g/mol. The fraction of sp³-hybridized carbons (Fsp3) is 0.818. The van der Waals surface area contributed by atoms with Crippen molar-refractivity contribution in [2.24, 2.45) is 40.4 Å². The predicted molar refractivity (Wildman–Crippen MR) is 95.4 cm³/mol. The Bertz CT molecular complexity index is 617. The number of Topliss-reactive ketones (excluding diaryl/α,β-unsaturated/α-hetero) is 2. The van der Waals surface area contributed by atoms with E-state index in [1.807, 2.05) is 0 Å². The Morgan fingerprint density at radius 2 is 2.00 bits per heavy atom. The molecule has 2 nitrogen and oxygen atoms in total. The fourth-order valence-corrected chi connectivity index (χ4v) is 7.55. The van der Waals surface area contributed by atoms with Gasteiger partial charge in [-0.1, -0.05) is 32.4 Å². The second kappa shape index (κ2) is 5.29. The lowest BCUT2D eigenvalue weighted by molar-refractivity contribution is -0.127. The highest BCUT2D eigenvalue weighted by Crippen LogP contribution is 2.66. The molecule has 3 fully saturated rings. The van der Waals surface area contributed by atoms with Crippen molar-refractivity contribution in [2.45, 2.75) is 72.6 Å². The molecule has 3 saturated carbocycles. The topological polar surface area (TPSA) is 34.1 Å². The Hall–Kier alpha value is -0.920. The van der Waals surface area contributed by atoms with Crippen LogP contribution >= 0.6 is 0 Å². The van der Waals surface area contributed by atoms with Gasteiger partial charge in [0.2, 0.25) is 0 Å². The summed E-state index contributed by atoms with van der Waals surface area (Å²) in [7, 11) is 0. The lowest BCUT2D eigenvalue weighted by atomic mass is 9.49. The Balaban J connectivity index is 1.71. The standard InChI is InChI=1S/C22H32O2/c1-13-11-19-17-6-5-15-12-16(24)7-9-21(15,3)18(17)8-10-22(19,4)20(13)14(2)23/h8,13,15,17,19-20H,5-7,9-12H2,1-4H3/t13-,15?,17?,19?,20+,21-,22-/m0/s1. The van der Waals surface area contributed by atoms with Gasteiger partial charge in [-0.2, -0.15) is 0 Å². The van der Waals surface area contributed by atoms with Crippen molar-refractivity contribution >= 4 is 11.6 Å². The van der Waals surface area contributed by atoms with Gasteiger partial charge in [-0.3, -0.25) is 9.59 Å². The molecule has 0 N–H and O–H groups in total. The van der Waals surface area contributed by atoms with Crippen LogP contribution in [0.4, 0.5) is 0 Å². The van der Waals surface area contributed by atoms with E-state index >= 15 is 0 Å². The number of rotatable bonds is 1. The second-order valence-electron chi connectivity index (χ2n) is 9.82. The maximum absolute atomic E-state index is 12.3. The first-order chi connectivity index (χ1) is 11.3. The van der Waals surface area contributed by atoms with E-state index in [1.54, 1.807) is 12.5 Å². The molecule has 0 aliphatic heterocycles. The molecule has 0 aromatic heterocycles. The maximum Gasteiger partial charge on any atom is 0.133 e. The molecule has 4 rings (SSSR count). The van der Waals surface area contributed by atoms with Crippen molar-refractivity contribution in [2.75, 3.05) is 0 Å². The maximum atomic E-state index is 12.3. The van der Waals surface area contributed by atoms with Gasteiger partial charge in [-0.15, -0.1) is 0 Å². The first-order valence-corrected chi connectivity index (χ1v) is 10.00. The second-order valence-corrected chi connectivity index (χ2v) is 9.82. The molecule has 24 heavy (non-hydrogen) atoms. The van der Waals surface area contributed by atoms with Crippen molar-refractivity contribution in [3.05, 3.63) is 11.6 Å². The largest absolute Gasteiger partial charge is 0.300 e. The van der Waals surface area contributed by atoms with E-state index in [-0.39, 0.29) is 16.7 Å². The van der Waals surface area contributed by atoms with Crippen molar-refractivity contribution in [3.8, 4) is 0 Å². The fourth-order valence-electron chi connectivity index (χ4n) is 7.55. The average Bonchev–Trinajstić information content (AvgIpc) is 2.78. The van der Waals surface area contributed by atoms with Gasteiger partial charge in [0.05, 0.1) is 0 Å². The Morgan fingerprint density at radius 1 is 1.25 bits per heavy atom. The van der Waals surface area contributed by atoms with Gasteiger partial charge in [0, 0.05) is 18.8 Å². The van der Waals surface area contributed by atoms with Crippen LogP contribution in [0.5, 0.6) is 0 Å². The predicted octanol–water partition coefficient (Wildman–Crippen LogP) is 4.97. The summed E-state index contributed by atoms with van der Waals surface area (Å²) in [6.07, 6.45) is 9.86. The Labute approximate surface area is 146 Å². The molecule has 0 bridgehead atoms. The summed E-state index contributed by atoms with van der Waals surface area (Å²) in [4.78, 5) is 24.3. The van der Waals surface area contributed by atoms with Crippen LogP contribution in [0.3, 0.4) is 0 Å². The first kappa shape index (κ1) is 16.5. The smallest absolute Gasteiger partial charge is 0.133 e. The molecule has 0 spiro atoms. The highest BCUT2D eigenvalue weighted by molar-refractivity contribution is 5.80. The van der Waals surface area contributed by atoms with Gasteiger partial charge in [0.15, 0.2) is 0 Å². The molecule has 0 heterocycles. The lowest BCUT2D eigenvalue weighted by Gasteiger charge is -2.55. The van der Waals surface area contributed by atoms with Gasteiger partial charge in [0.25, 0.3) is 0 Å². The number of fused-ring (bicyclic) bond motifs is 5. The molecule has 0 saturated heterocycles. The molecule has 4 aliphatic carbocycles. The highest BCUT2D eigenvalue weighted by Gasteiger charge is 2.59. The zero-order chi connectivity index (χ0) is 17.3. The third kappa shape index (κ3) is 2.07. The van der Waals surface area contributed by atoms with Gasteiger partial charge in [-0.25, -0.2) is 0 Å². The Kier molecular flexibility index (Phi) is 3.64. The van der Waals surface area contributed by atoms with Crippen LogP contribution < -0.4 is 0 Å². The molecule has 4 aliphatic rings. The molecule has 0 aromatic carbocycles. The summed E-state index contributed by atoms with van der Waals surface area (Å²) in [5.74, 6) is 3.51. The van der Waals surface area contributed by atoms with Gasteiger partial charge >= 0.3 is 0 Å². The third-order valence-corrected chi connectivity index (χ3v) is 8.62. The van der Waals surface area contributed by atoms with Crippen LogP contribution in [0.25, 0.3) is 0 Å². The van der Waals surface area contributed by atoms with Crippen LogP contribution in [-0.4, -0.2) is 11.6 Å². The highest BCUT2D eigenvalue weighted by atomic mass is 16.1. The average molecular weight is 328 g/mol. The molecule has 0 amide bonds. The Morgan fingerprint density at radius 3 is 2.71 bits per heavy atom. The number of hydrogen-bond acceptors (Lipinski definition) is 2. The van der Waals surface area contributed by atoms with E-state index in [2.05, 4.69) is 26.8 Å². The van der Waals surface area contributed by atoms with Crippen molar-refractivity contribution in [1.82, 2.24) is 0 Å². The van der Waals surface area contributed by atoms with Crippen molar-refractivity contribution < 1.29 is 9.59 Å². The molecule has 0 aromatic rings. The van der Waals surface area contributed by atoms with E-state index < -0.39 is 0 Å². The van der Waals surface area contributed by atoms with Gasteiger partial charge in [-0.05, 0) is 73.5 Å².